The topological polar surface area (TPSA) is 115 Å². The van der Waals surface area contributed by atoms with E-state index in [4.69, 9.17) is 52.3 Å². The van der Waals surface area contributed by atoms with E-state index >= 15 is 0 Å². The van der Waals surface area contributed by atoms with Crippen LogP contribution in [0, 0.1) is 17.4 Å². The Balaban J connectivity index is 1.34. The smallest absolute Gasteiger partial charge is 0.251 e. The van der Waals surface area contributed by atoms with Crippen LogP contribution < -0.4 is 20.5 Å². The summed E-state index contributed by atoms with van der Waals surface area (Å²) in [5, 5.41) is 3.56. The molecule has 1 aliphatic carbocycles. The minimum atomic E-state index is -0.341. The van der Waals surface area contributed by atoms with Crippen LogP contribution in [0.2, 0.25) is 5.02 Å². The normalized spacial score (nSPS) is 18.3. The summed E-state index contributed by atoms with van der Waals surface area (Å²) < 4.78 is 33.7. The average Bonchev–Trinajstić information content (AvgIpc) is 2.98. The molecule has 2 aromatic carbocycles. The van der Waals surface area contributed by atoms with Crippen LogP contribution >= 0.6 is 11.6 Å². The standard InChI is InChI=1S/C32H44ClN3O7/c1-31(2)29(32(3,4)30(31)43-25-10-11-27(35-5)26(33)22-25)36-28(37)23-6-8-24(9-7-23)42-21-20-41-19-18-40-17-16-39-15-14-38-13-12-34/h6-11,22,29-30H,12-21,34H2,1-4H3,(H,36,37). The Morgan fingerprint density at radius 3 is 1.86 bits per heavy atom. The molecule has 0 spiro atoms. The molecule has 11 heteroatoms. The number of halogens is 1. The summed E-state index contributed by atoms with van der Waals surface area (Å²) >= 11 is 6.20. The Morgan fingerprint density at radius 1 is 0.837 bits per heavy atom. The first-order valence-electron chi connectivity index (χ1n) is 14.5. The molecule has 0 radical (unpaired) electrons. The molecule has 43 heavy (non-hydrogen) atoms. The maximum absolute atomic E-state index is 13.1. The lowest BCUT2D eigenvalue weighted by molar-refractivity contribution is -0.164. The molecule has 0 bridgehead atoms. The van der Waals surface area contributed by atoms with Gasteiger partial charge < -0.3 is 39.5 Å². The number of nitrogens with one attached hydrogen (secondary N) is 1. The van der Waals surface area contributed by atoms with E-state index in [9.17, 15) is 4.79 Å². The molecule has 0 heterocycles. The summed E-state index contributed by atoms with van der Waals surface area (Å²) in [4.78, 5) is 16.5. The van der Waals surface area contributed by atoms with Crippen molar-refractivity contribution in [1.29, 1.82) is 0 Å². The SMILES string of the molecule is [C-]#[N+]c1ccc(OC2C(C)(C)C(NC(=O)c3ccc(OCCOCCOCCOCCOCCN)cc3)C2(C)C)cc1Cl. The summed E-state index contributed by atoms with van der Waals surface area (Å²) in [6, 6.07) is 12.0. The third-order valence-electron chi connectivity index (χ3n) is 7.40. The Labute approximate surface area is 259 Å². The first-order valence-corrected chi connectivity index (χ1v) is 14.9. The van der Waals surface area contributed by atoms with Gasteiger partial charge in [-0.1, -0.05) is 45.4 Å². The largest absolute Gasteiger partial charge is 0.491 e. The summed E-state index contributed by atoms with van der Waals surface area (Å²) in [6.07, 6.45) is -0.170. The van der Waals surface area contributed by atoms with Gasteiger partial charge in [0, 0.05) is 29.0 Å². The van der Waals surface area contributed by atoms with Crippen LogP contribution in [0.3, 0.4) is 0 Å². The fourth-order valence-electron chi connectivity index (χ4n) is 5.57. The third kappa shape index (κ3) is 9.80. The highest BCUT2D eigenvalue weighted by Crippen LogP contribution is 2.55. The summed E-state index contributed by atoms with van der Waals surface area (Å²) in [5.74, 6) is 1.10. The zero-order valence-electron chi connectivity index (χ0n) is 25.5. The molecule has 0 aliphatic heterocycles. The number of ether oxygens (including phenoxy) is 6. The van der Waals surface area contributed by atoms with Crippen molar-refractivity contribution < 1.29 is 33.2 Å². The van der Waals surface area contributed by atoms with Crippen LogP contribution in [0.1, 0.15) is 38.1 Å². The summed E-state index contributed by atoms with van der Waals surface area (Å²) in [7, 11) is 0. The van der Waals surface area contributed by atoms with Gasteiger partial charge >= 0.3 is 0 Å². The van der Waals surface area contributed by atoms with E-state index in [1.165, 1.54) is 0 Å². The molecule has 3 rings (SSSR count). The van der Waals surface area contributed by atoms with Gasteiger partial charge in [0.25, 0.3) is 5.91 Å². The summed E-state index contributed by atoms with van der Waals surface area (Å²) in [5.41, 5.74) is 5.59. The minimum absolute atomic E-state index is 0.124. The Hall–Kier alpha value is -2.91. The second kappa shape index (κ2) is 16.8. The highest BCUT2D eigenvalue weighted by Gasteiger charge is 2.64. The zero-order chi connectivity index (χ0) is 31.3. The lowest BCUT2D eigenvalue weighted by Gasteiger charge is -2.63. The molecule has 0 atom stereocenters. The van der Waals surface area contributed by atoms with E-state index in [1.807, 2.05) is 0 Å². The number of rotatable bonds is 19. The molecular formula is C32H44ClN3O7. The molecule has 0 saturated heterocycles. The van der Waals surface area contributed by atoms with Gasteiger partial charge in [-0.05, 0) is 36.4 Å². The van der Waals surface area contributed by atoms with Gasteiger partial charge in [0.15, 0.2) is 0 Å². The predicted octanol–water partition coefficient (Wildman–Crippen LogP) is 4.91. The van der Waals surface area contributed by atoms with E-state index in [0.29, 0.717) is 93.8 Å². The lowest BCUT2D eigenvalue weighted by atomic mass is 9.49. The summed E-state index contributed by atoms with van der Waals surface area (Å²) in [6.45, 7) is 20.3. The molecule has 236 valence electrons. The monoisotopic (exact) mass is 617 g/mol. The number of nitrogens with two attached hydrogens (primary N) is 1. The maximum Gasteiger partial charge on any atom is 0.251 e. The zero-order valence-corrected chi connectivity index (χ0v) is 26.3. The van der Waals surface area contributed by atoms with E-state index < -0.39 is 0 Å². The van der Waals surface area contributed by atoms with E-state index in [2.05, 4.69) is 37.9 Å². The lowest BCUT2D eigenvalue weighted by Crippen LogP contribution is -2.74. The van der Waals surface area contributed by atoms with Crippen molar-refractivity contribution in [1.82, 2.24) is 5.32 Å². The maximum atomic E-state index is 13.1. The Bertz CT molecular complexity index is 1180. The first-order chi connectivity index (χ1) is 20.6. The van der Waals surface area contributed by atoms with Crippen molar-refractivity contribution in [3.63, 3.8) is 0 Å². The Kier molecular flexibility index (Phi) is 13.5. The van der Waals surface area contributed by atoms with Gasteiger partial charge in [0.2, 0.25) is 5.69 Å². The van der Waals surface area contributed by atoms with Crippen LogP contribution in [-0.4, -0.2) is 84.1 Å². The fourth-order valence-corrected chi connectivity index (χ4v) is 5.78. The highest BCUT2D eigenvalue weighted by atomic mass is 35.5. The molecule has 2 aromatic rings. The van der Waals surface area contributed by atoms with Crippen molar-refractivity contribution in [2.45, 2.75) is 39.8 Å². The second-order valence-corrected chi connectivity index (χ2v) is 11.8. The number of carbonyl (C=O) groups excluding carboxylic acids is 1. The molecule has 1 saturated carbocycles. The number of hydrogen-bond donors (Lipinski definition) is 2. The van der Waals surface area contributed by atoms with Crippen LogP contribution in [-0.2, 0) is 18.9 Å². The van der Waals surface area contributed by atoms with Gasteiger partial charge in [-0.25, -0.2) is 4.85 Å². The molecule has 10 nitrogen and oxygen atoms in total. The third-order valence-corrected chi connectivity index (χ3v) is 7.70. The number of nitrogens with zero attached hydrogens (tertiary/aromatic N) is 1. The van der Waals surface area contributed by atoms with Crippen LogP contribution in [0.5, 0.6) is 11.5 Å². The van der Waals surface area contributed by atoms with E-state index in [1.54, 1.807) is 42.5 Å². The van der Waals surface area contributed by atoms with Crippen LogP contribution in [0.25, 0.3) is 4.85 Å². The van der Waals surface area contributed by atoms with Gasteiger partial charge in [0.05, 0.1) is 64.4 Å². The molecular weight excluding hydrogens is 574 g/mol. The highest BCUT2D eigenvalue weighted by molar-refractivity contribution is 6.33. The number of hydrogen-bond acceptors (Lipinski definition) is 8. The Morgan fingerprint density at radius 2 is 1.35 bits per heavy atom. The van der Waals surface area contributed by atoms with Crippen molar-refractivity contribution in [2.24, 2.45) is 16.6 Å². The van der Waals surface area contributed by atoms with Gasteiger partial charge in [-0.15, -0.1) is 0 Å². The van der Waals surface area contributed by atoms with Crippen molar-refractivity contribution in [3.05, 3.63) is 64.5 Å². The average molecular weight is 618 g/mol. The minimum Gasteiger partial charge on any atom is -0.491 e. The van der Waals surface area contributed by atoms with Crippen molar-refractivity contribution >= 4 is 23.2 Å². The van der Waals surface area contributed by atoms with Gasteiger partial charge in [-0.2, -0.15) is 0 Å². The number of carbonyl (C=O) groups is 1. The second-order valence-electron chi connectivity index (χ2n) is 11.4. The van der Waals surface area contributed by atoms with Crippen molar-refractivity contribution in [3.8, 4) is 11.5 Å². The van der Waals surface area contributed by atoms with E-state index in [-0.39, 0.29) is 28.9 Å². The van der Waals surface area contributed by atoms with Crippen LogP contribution in [0.15, 0.2) is 42.5 Å². The first kappa shape index (κ1) is 34.6. The quantitative estimate of drug-likeness (QED) is 0.169. The molecule has 0 unspecified atom stereocenters. The predicted molar refractivity (Wildman–Crippen MR) is 165 cm³/mol. The molecule has 3 N–H and O–H groups in total. The van der Waals surface area contributed by atoms with E-state index in [0.717, 1.165) is 0 Å². The van der Waals surface area contributed by atoms with Crippen molar-refractivity contribution in [2.75, 3.05) is 66.0 Å². The molecule has 0 aromatic heterocycles. The number of benzene rings is 2. The van der Waals surface area contributed by atoms with Gasteiger partial charge in [0.1, 0.15) is 24.2 Å². The molecule has 1 aliphatic rings. The fraction of sp³-hybridized carbons (Fsp3) is 0.562. The molecule has 1 amide bonds. The van der Waals surface area contributed by atoms with Gasteiger partial charge in [-0.3, -0.25) is 4.79 Å². The number of amides is 1. The van der Waals surface area contributed by atoms with Crippen LogP contribution in [0.4, 0.5) is 5.69 Å². The molecule has 1 fully saturated rings.